The molecule has 130 valence electrons. The van der Waals surface area contributed by atoms with Crippen LogP contribution < -0.4 is 16.7 Å². The molecule has 25 heavy (non-hydrogen) atoms. The van der Waals surface area contributed by atoms with Gasteiger partial charge < -0.3 is 4.57 Å². The maximum absolute atomic E-state index is 12.2. The highest BCUT2D eigenvalue weighted by atomic mass is 16.2. The van der Waals surface area contributed by atoms with Gasteiger partial charge >= 0.3 is 5.69 Å². The molecule has 0 fully saturated rings. The van der Waals surface area contributed by atoms with Gasteiger partial charge in [0.2, 0.25) is 5.95 Å². The highest BCUT2D eigenvalue weighted by molar-refractivity contribution is 5.80. The summed E-state index contributed by atoms with van der Waals surface area (Å²) in [4.78, 5) is 30.8. The molecule has 8 nitrogen and oxygen atoms in total. The van der Waals surface area contributed by atoms with Gasteiger partial charge in [-0.2, -0.15) is 10.1 Å². The fourth-order valence-electron chi connectivity index (χ4n) is 2.56. The van der Waals surface area contributed by atoms with Gasteiger partial charge in [0, 0.05) is 13.6 Å². The molecule has 0 saturated carbocycles. The molecular formula is C17H20N6O2. The maximum Gasteiger partial charge on any atom is 0.329 e. The number of aromatic nitrogens is 4. The molecule has 0 radical (unpaired) electrons. The van der Waals surface area contributed by atoms with Gasteiger partial charge in [-0.25, -0.2) is 10.2 Å². The minimum Gasteiger partial charge on any atom is -0.303 e. The Morgan fingerprint density at radius 2 is 2.04 bits per heavy atom. The van der Waals surface area contributed by atoms with E-state index in [9.17, 15) is 9.59 Å². The zero-order chi connectivity index (χ0) is 17.8. The first-order valence-corrected chi connectivity index (χ1v) is 8.15. The van der Waals surface area contributed by atoms with Gasteiger partial charge in [0.15, 0.2) is 11.2 Å². The summed E-state index contributed by atoms with van der Waals surface area (Å²) in [5, 5.41) is 4.20. The summed E-state index contributed by atoms with van der Waals surface area (Å²) in [7, 11) is 1.58. The molecule has 0 saturated heterocycles. The van der Waals surface area contributed by atoms with Gasteiger partial charge in [-0.15, -0.1) is 0 Å². The highest BCUT2D eigenvalue weighted by Gasteiger charge is 2.16. The summed E-state index contributed by atoms with van der Waals surface area (Å²) in [6.45, 7) is 2.68. The molecule has 0 amide bonds. The number of nitrogens with one attached hydrogen (secondary N) is 2. The number of aryl methyl sites for hydroxylation is 2. The summed E-state index contributed by atoms with van der Waals surface area (Å²) in [5.74, 6) is 0.433. The van der Waals surface area contributed by atoms with Crippen LogP contribution >= 0.6 is 0 Å². The number of hydrogen-bond acceptors (Lipinski definition) is 5. The largest absolute Gasteiger partial charge is 0.329 e. The highest BCUT2D eigenvalue weighted by Crippen LogP contribution is 2.16. The van der Waals surface area contributed by atoms with Crippen molar-refractivity contribution in [1.82, 2.24) is 19.1 Å². The SMILES string of the molecule is CCCCn1c(NN=Cc2ccccc2)nc2c1c(=O)[nH]c(=O)n2C. The lowest BCUT2D eigenvalue weighted by molar-refractivity contribution is 0.647. The van der Waals surface area contributed by atoms with Crippen molar-refractivity contribution >= 4 is 23.3 Å². The van der Waals surface area contributed by atoms with E-state index in [1.54, 1.807) is 17.8 Å². The average molecular weight is 340 g/mol. The van der Waals surface area contributed by atoms with Gasteiger partial charge in [-0.1, -0.05) is 43.7 Å². The third-order valence-electron chi connectivity index (χ3n) is 3.92. The number of nitrogens with zero attached hydrogens (tertiary/aromatic N) is 4. The van der Waals surface area contributed by atoms with Gasteiger partial charge in [0.25, 0.3) is 5.56 Å². The van der Waals surface area contributed by atoms with Gasteiger partial charge in [-0.3, -0.25) is 14.3 Å². The van der Waals surface area contributed by atoms with Crippen molar-refractivity contribution in [2.24, 2.45) is 12.1 Å². The Balaban J connectivity index is 2.03. The van der Waals surface area contributed by atoms with E-state index in [4.69, 9.17) is 0 Å². The van der Waals surface area contributed by atoms with Gasteiger partial charge in [-0.05, 0) is 12.0 Å². The van der Waals surface area contributed by atoms with Crippen molar-refractivity contribution in [2.75, 3.05) is 5.43 Å². The van der Waals surface area contributed by atoms with E-state index in [2.05, 4.69) is 27.4 Å². The molecule has 0 bridgehead atoms. The number of imidazole rings is 1. The monoisotopic (exact) mass is 340 g/mol. The normalized spacial score (nSPS) is 11.4. The minimum atomic E-state index is -0.489. The van der Waals surface area contributed by atoms with E-state index in [0.717, 1.165) is 18.4 Å². The van der Waals surface area contributed by atoms with Gasteiger partial charge in [0.1, 0.15) is 0 Å². The second-order valence-corrected chi connectivity index (χ2v) is 5.71. The third kappa shape index (κ3) is 3.37. The van der Waals surface area contributed by atoms with Crippen molar-refractivity contribution in [3.05, 3.63) is 56.7 Å². The molecule has 0 aliphatic heterocycles. The van der Waals surface area contributed by atoms with Crippen molar-refractivity contribution in [3.63, 3.8) is 0 Å². The second-order valence-electron chi connectivity index (χ2n) is 5.71. The van der Waals surface area contributed by atoms with Crippen molar-refractivity contribution < 1.29 is 0 Å². The average Bonchev–Trinajstić information content (AvgIpc) is 2.98. The van der Waals surface area contributed by atoms with Crippen LogP contribution in [0, 0.1) is 0 Å². The van der Waals surface area contributed by atoms with Crippen LogP contribution in [0.15, 0.2) is 45.0 Å². The summed E-state index contributed by atoms with van der Waals surface area (Å²) in [5.41, 5.74) is 3.60. The molecule has 3 rings (SSSR count). The fourth-order valence-corrected chi connectivity index (χ4v) is 2.56. The number of aromatic amines is 1. The lowest BCUT2D eigenvalue weighted by atomic mass is 10.2. The lowest BCUT2D eigenvalue weighted by Gasteiger charge is -2.06. The van der Waals surface area contributed by atoms with E-state index in [1.807, 2.05) is 30.3 Å². The molecule has 0 spiro atoms. The third-order valence-corrected chi connectivity index (χ3v) is 3.92. The Morgan fingerprint density at radius 1 is 1.28 bits per heavy atom. The smallest absolute Gasteiger partial charge is 0.303 e. The predicted molar refractivity (Wildman–Crippen MR) is 98.2 cm³/mol. The minimum absolute atomic E-state index is 0.335. The van der Waals surface area contributed by atoms with Crippen LogP contribution in [0.4, 0.5) is 5.95 Å². The molecule has 1 aromatic carbocycles. The van der Waals surface area contributed by atoms with E-state index >= 15 is 0 Å². The van der Waals surface area contributed by atoms with Crippen LogP contribution in [0.25, 0.3) is 11.2 Å². The first-order valence-electron chi connectivity index (χ1n) is 8.15. The summed E-state index contributed by atoms with van der Waals surface area (Å²) < 4.78 is 3.09. The lowest BCUT2D eigenvalue weighted by Crippen LogP contribution is -2.29. The first-order chi connectivity index (χ1) is 12.1. The standard InChI is InChI=1S/C17H20N6O2/c1-3-4-10-23-13-14(22(2)17(25)20-15(13)24)19-16(23)21-18-11-12-8-6-5-7-9-12/h5-9,11H,3-4,10H2,1-2H3,(H,19,21)(H,20,24,25). The summed E-state index contributed by atoms with van der Waals surface area (Å²) in [6.07, 6.45) is 3.52. The molecular weight excluding hydrogens is 320 g/mol. The Kier molecular flexibility index (Phi) is 4.78. The van der Waals surface area contributed by atoms with Crippen LogP contribution in [0.5, 0.6) is 0 Å². The number of hydrogen-bond donors (Lipinski definition) is 2. The number of H-pyrrole nitrogens is 1. The zero-order valence-corrected chi connectivity index (χ0v) is 14.2. The topological polar surface area (TPSA) is 97.1 Å². The molecule has 3 aromatic rings. The Labute approximate surface area is 143 Å². The Morgan fingerprint density at radius 3 is 2.76 bits per heavy atom. The number of fused-ring (bicyclic) bond motifs is 1. The fraction of sp³-hybridized carbons (Fsp3) is 0.294. The van der Waals surface area contributed by atoms with Crippen molar-refractivity contribution in [2.45, 2.75) is 26.3 Å². The van der Waals surface area contributed by atoms with Gasteiger partial charge in [0.05, 0.1) is 6.21 Å². The van der Waals surface area contributed by atoms with Crippen LogP contribution in [-0.2, 0) is 13.6 Å². The maximum atomic E-state index is 12.2. The number of hydrazone groups is 1. The Bertz CT molecular complexity index is 1010. The van der Waals surface area contributed by atoms with Crippen LogP contribution in [-0.4, -0.2) is 25.3 Å². The number of unbranched alkanes of at least 4 members (excludes halogenated alkanes) is 1. The summed E-state index contributed by atoms with van der Waals surface area (Å²) >= 11 is 0. The molecule has 8 heteroatoms. The van der Waals surface area contributed by atoms with Crippen molar-refractivity contribution in [3.8, 4) is 0 Å². The molecule has 2 aromatic heterocycles. The van der Waals surface area contributed by atoms with E-state index in [0.29, 0.717) is 23.7 Å². The molecule has 0 aliphatic carbocycles. The molecule has 0 atom stereocenters. The second kappa shape index (κ2) is 7.16. The van der Waals surface area contributed by atoms with Crippen LogP contribution in [0.2, 0.25) is 0 Å². The van der Waals surface area contributed by atoms with E-state index in [1.165, 1.54) is 4.57 Å². The Hall–Kier alpha value is -3.16. The summed E-state index contributed by atoms with van der Waals surface area (Å²) in [6, 6.07) is 9.64. The van der Waals surface area contributed by atoms with Crippen LogP contribution in [0.1, 0.15) is 25.3 Å². The number of anilines is 1. The molecule has 0 aliphatic rings. The molecule has 2 N–H and O–H groups in total. The molecule has 0 unspecified atom stereocenters. The first kappa shape index (κ1) is 16.7. The van der Waals surface area contributed by atoms with E-state index in [-0.39, 0.29) is 0 Å². The number of benzene rings is 1. The van der Waals surface area contributed by atoms with Crippen molar-refractivity contribution in [1.29, 1.82) is 0 Å². The van der Waals surface area contributed by atoms with Crippen LogP contribution in [0.3, 0.4) is 0 Å². The number of rotatable bonds is 6. The zero-order valence-electron chi connectivity index (χ0n) is 14.2. The predicted octanol–water partition coefficient (Wildman–Crippen LogP) is 1.67. The quantitative estimate of drug-likeness (QED) is 0.527. The van der Waals surface area contributed by atoms with E-state index < -0.39 is 11.2 Å². The molecule has 2 heterocycles.